The SMILES string of the molecule is Cc1ccc(S(=O)(=O)C2N=COC2C2CCCCC2)cc1. The third kappa shape index (κ3) is 2.84. The van der Waals surface area contributed by atoms with Crippen LogP contribution in [0.15, 0.2) is 34.2 Å². The lowest BCUT2D eigenvalue weighted by molar-refractivity contribution is 0.119. The predicted molar refractivity (Wildman–Crippen MR) is 82.1 cm³/mol. The molecule has 1 aliphatic carbocycles. The predicted octanol–water partition coefficient (Wildman–Crippen LogP) is 3.10. The van der Waals surface area contributed by atoms with Crippen molar-refractivity contribution < 1.29 is 13.2 Å². The van der Waals surface area contributed by atoms with Crippen molar-refractivity contribution >= 4 is 16.2 Å². The first kappa shape index (κ1) is 14.6. The summed E-state index contributed by atoms with van der Waals surface area (Å²) >= 11 is 0. The van der Waals surface area contributed by atoms with Gasteiger partial charge in [0.25, 0.3) is 0 Å². The summed E-state index contributed by atoms with van der Waals surface area (Å²) in [6.45, 7) is 1.94. The van der Waals surface area contributed by atoms with Gasteiger partial charge < -0.3 is 4.74 Å². The Morgan fingerprint density at radius 2 is 1.76 bits per heavy atom. The van der Waals surface area contributed by atoms with E-state index in [2.05, 4.69) is 4.99 Å². The average molecular weight is 307 g/mol. The second kappa shape index (κ2) is 5.79. The molecule has 0 radical (unpaired) electrons. The van der Waals surface area contributed by atoms with Crippen LogP contribution in [0.1, 0.15) is 37.7 Å². The van der Waals surface area contributed by atoms with E-state index >= 15 is 0 Å². The van der Waals surface area contributed by atoms with Gasteiger partial charge in [-0.3, -0.25) is 0 Å². The Morgan fingerprint density at radius 3 is 2.43 bits per heavy atom. The molecule has 3 rings (SSSR count). The Morgan fingerprint density at radius 1 is 1.10 bits per heavy atom. The summed E-state index contributed by atoms with van der Waals surface area (Å²) in [5.41, 5.74) is 1.05. The Labute approximate surface area is 126 Å². The summed E-state index contributed by atoms with van der Waals surface area (Å²) < 4.78 is 31.2. The Balaban J connectivity index is 1.86. The molecule has 1 fully saturated rings. The second-order valence-electron chi connectivity index (χ2n) is 6.00. The van der Waals surface area contributed by atoms with Crippen LogP contribution in [0.4, 0.5) is 0 Å². The van der Waals surface area contributed by atoms with E-state index in [1.165, 1.54) is 12.8 Å². The molecule has 0 aromatic heterocycles. The number of rotatable bonds is 3. The summed E-state index contributed by atoms with van der Waals surface area (Å²) in [7, 11) is -3.48. The highest BCUT2D eigenvalue weighted by Gasteiger charge is 2.42. The Hall–Kier alpha value is -1.36. The van der Waals surface area contributed by atoms with Gasteiger partial charge in [-0.1, -0.05) is 37.0 Å². The molecule has 1 heterocycles. The Bertz CT molecular complexity index is 615. The maximum absolute atomic E-state index is 12.8. The zero-order valence-corrected chi connectivity index (χ0v) is 13.1. The molecule has 1 aliphatic heterocycles. The fraction of sp³-hybridized carbons (Fsp3) is 0.562. The van der Waals surface area contributed by atoms with Crippen LogP contribution < -0.4 is 0 Å². The molecule has 2 unspecified atom stereocenters. The molecule has 1 aromatic rings. The first-order valence-electron chi connectivity index (χ1n) is 7.57. The van der Waals surface area contributed by atoms with Gasteiger partial charge in [0, 0.05) is 0 Å². The summed E-state index contributed by atoms with van der Waals surface area (Å²) in [6, 6.07) is 6.97. The lowest BCUT2D eigenvalue weighted by Gasteiger charge is -2.29. The highest BCUT2D eigenvalue weighted by atomic mass is 32.2. The molecular formula is C16H21NO3S. The van der Waals surface area contributed by atoms with Crippen LogP contribution in [0.25, 0.3) is 0 Å². The van der Waals surface area contributed by atoms with Gasteiger partial charge in [0.2, 0.25) is 9.84 Å². The highest BCUT2D eigenvalue weighted by Crippen LogP contribution is 2.35. The standard InChI is InChI=1S/C16H21NO3S/c1-12-7-9-14(10-8-12)21(18,19)16-15(20-11-17-16)13-5-3-2-4-6-13/h7-11,13,15-16H,2-6H2,1H3. The Kier molecular flexibility index (Phi) is 4.02. The molecule has 5 heteroatoms. The minimum absolute atomic E-state index is 0.298. The summed E-state index contributed by atoms with van der Waals surface area (Å²) in [5, 5.41) is -0.789. The second-order valence-corrected chi connectivity index (χ2v) is 8.05. The fourth-order valence-electron chi connectivity index (χ4n) is 3.25. The maximum Gasteiger partial charge on any atom is 0.205 e. The average Bonchev–Trinajstić information content (AvgIpc) is 2.99. The third-order valence-electron chi connectivity index (χ3n) is 4.49. The van der Waals surface area contributed by atoms with Crippen LogP contribution >= 0.6 is 0 Å². The molecule has 1 saturated carbocycles. The first-order valence-corrected chi connectivity index (χ1v) is 9.11. The van der Waals surface area contributed by atoms with Crippen molar-refractivity contribution in [3.8, 4) is 0 Å². The van der Waals surface area contributed by atoms with E-state index in [9.17, 15) is 8.42 Å². The topological polar surface area (TPSA) is 55.7 Å². The van der Waals surface area contributed by atoms with Gasteiger partial charge in [-0.2, -0.15) is 0 Å². The van der Waals surface area contributed by atoms with E-state index in [0.717, 1.165) is 31.2 Å². The van der Waals surface area contributed by atoms with E-state index in [1.807, 2.05) is 19.1 Å². The van der Waals surface area contributed by atoms with Gasteiger partial charge in [0.15, 0.2) is 11.8 Å². The van der Waals surface area contributed by atoms with Crippen LogP contribution in [0.2, 0.25) is 0 Å². The van der Waals surface area contributed by atoms with Gasteiger partial charge in [0.05, 0.1) is 4.90 Å². The molecular weight excluding hydrogens is 286 g/mol. The molecule has 0 bridgehead atoms. The van der Waals surface area contributed by atoms with Gasteiger partial charge in [-0.05, 0) is 37.8 Å². The van der Waals surface area contributed by atoms with Crippen LogP contribution in [0.3, 0.4) is 0 Å². The van der Waals surface area contributed by atoms with E-state index in [1.54, 1.807) is 12.1 Å². The normalized spacial score (nSPS) is 26.7. The number of nitrogens with zero attached hydrogens (tertiary/aromatic N) is 1. The molecule has 4 nitrogen and oxygen atoms in total. The maximum atomic E-state index is 12.8. The quantitative estimate of drug-likeness (QED) is 0.862. The molecule has 0 N–H and O–H groups in total. The smallest absolute Gasteiger partial charge is 0.205 e. The molecule has 21 heavy (non-hydrogen) atoms. The van der Waals surface area contributed by atoms with Crippen molar-refractivity contribution in [1.82, 2.24) is 0 Å². The third-order valence-corrected chi connectivity index (χ3v) is 6.44. The number of aryl methyl sites for hydroxylation is 1. The van der Waals surface area contributed by atoms with E-state index in [-0.39, 0.29) is 6.10 Å². The van der Waals surface area contributed by atoms with E-state index in [0.29, 0.717) is 10.8 Å². The van der Waals surface area contributed by atoms with Crippen LogP contribution in [0, 0.1) is 12.8 Å². The molecule has 0 spiro atoms. The monoisotopic (exact) mass is 307 g/mol. The number of sulfone groups is 1. The molecule has 2 atom stereocenters. The van der Waals surface area contributed by atoms with Gasteiger partial charge >= 0.3 is 0 Å². The number of ether oxygens (including phenoxy) is 1. The summed E-state index contributed by atoms with van der Waals surface area (Å²) in [6.07, 6.45) is 6.62. The molecule has 114 valence electrons. The lowest BCUT2D eigenvalue weighted by atomic mass is 9.85. The van der Waals surface area contributed by atoms with Gasteiger partial charge in [-0.15, -0.1) is 0 Å². The van der Waals surface area contributed by atoms with Crippen molar-refractivity contribution in [3.05, 3.63) is 29.8 Å². The molecule has 0 amide bonds. The zero-order valence-electron chi connectivity index (χ0n) is 12.2. The van der Waals surface area contributed by atoms with Crippen LogP contribution in [0.5, 0.6) is 0 Å². The number of benzene rings is 1. The number of aliphatic imine (C=N–C) groups is 1. The number of hydrogen-bond donors (Lipinski definition) is 0. The highest BCUT2D eigenvalue weighted by molar-refractivity contribution is 7.92. The van der Waals surface area contributed by atoms with Crippen molar-refractivity contribution in [2.75, 3.05) is 0 Å². The van der Waals surface area contributed by atoms with Crippen molar-refractivity contribution in [2.24, 2.45) is 10.9 Å². The van der Waals surface area contributed by atoms with Crippen molar-refractivity contribution in [3.63, 3.8) is 0 Å². The van der Waals surface area contributed by atoms with Gasteiger partial charge in [0.1, 0.15) is 6.10 Å². The largest absolute Gasteiger partial charge is 0.477 e. The summed E-state index contributed by atoms with van der Waals surface area (Å²) in [5.74, 6) is 0.298. The van der Waals surface area contributed by atoms with E-state index < -0.39 is 15.2 Å². The first-order chi connectivity index (χ1) is 10.1. The summed E-state index contributed by atoms with van der Waals surface area (Å²) in [4.78, 5) is 4.46. The van der Waals surface area contributed by atoms with Crippen LogP contribution in [-0.2, 0) is 14.6 Å². The number of hydrogen-bond acceptors (Lipinski definition) is 4. The molecule has 1 aromatic carbocycles. The minimum atomic E-state index is -3.48. The van der Waals surface area contributed by atoms with Crippen LogP contribution in [-0.4, -0.2) is 26.3 Å². The molecule has 2 aliphatic rings. The van der Waals surface area contributed by atoms with E-state index in [4.69, 9.17) is 4.74 Å². The molecule has 0 saturated heterocycles. The lowest BCUT2D eigenvalue weighted by Crippen LogP contribution is -2.37. The minimum Gasteiger partial charge on any atom is -0.477 e. The zero-order chi connectivity index (χ0) is 14.9. The van der Waals surface area contributed by atoms with Crippen molar-refractivity contribution in [2.45, 2.75) is 55.4 Å². The van der Waals surface area contributed by atoms with Crippen molar-refractivity contribution in [1.29, 1.82) is 0 Å². The fourth-order valence-corrected chi connectivity index (χ4v) is 4.89. The van der Waals surface area contributed by atoms with Gasteiger partial charge in [-0.25, -0.2) is 13.4 Å².